The van der Waals surface area contributed by atoms with E-state index in [0.717, 1.165) is 18.8 Å². The van der Waals surface area contributed by atoms with Gasteiger partial charge in [0.15, 0.2) is 0 Å². The molecule has 3 heteroatoms. The number of carbonyl (C=O) groups excluding carboxylic acids is 1. The molecule has 0 bridgehead atoms. The molecule has 3 N–H and O–H groups in total. The molecule has 2 aliphatic carbocycles. The van der Waals surface area contributed by atoms with Gasteiger partial charge >= 0.3 is 0 Å². The molecule has 2 aliphatic rings. The molecule has 2 saturated carbocycles. The van der Waals surface area contributed by atoms with E-state index in [0.29, 0.717) is 24.4 Å². The lowest BCUT2D eigenvalue weighted by atomic mass is 9.83. The van der Waals surface area contributed by atoms with Crippen LogP contribution in [0.4, 0.5) is 0 Å². The van der Waals surface area contributed by atoms with Crippen molar-refractivity contribution >= 4 is 5.91 Å². The zero-order valence-corrected chi connectivity index (χ0v) is 12.4. The monoisotopic (exact) mass is 266 g/mol. The van der Waals surface area contributed by atoms with Crippen LogP contribution < -0.4 is 11.1 Å². The van der Waals surface area contributed by atoms with Crippen LogP contribution >= 0.6 is 0 Å². The van der Waals surface area contributed by atoms with Crippen molar-refractivity contribution in [3.8, 4) is 0 Å². The lowest BCUT2D eigenvalue weighted by Crippen LogP contribution is -2.38. The van der Waals surface area contributed by atoms with Gasteiger partial charge in [-0.15, -0.1) is 0 Å². The molecule has 3 nitrogen and oxygen atoms in total. The molecule has 19 heavy (non-hydrogen) atoms. The van der Waals surface area contributed by atoms with Gasteiger partial charge in [-0.1, -0.05) is 32.6 Å². The Hall–Kier alpha value is -0.570. The van der Waals surface area contributed by atoms with Crippen LogP contribution in [0, 0.1) is 11.8 Å². The molecule has 0 aromatic carbocycles. The van der Waals surface area contributed by atoms with E-state index in [1.54, 1.807) is 0 Å². The Bertz CT molecular complexity index is 292. The van der Waals surface area contributed by atoms with Gasteiger partial charge in [0.05, 0.1) is 0 Å². The Labute approximate surface area is 117 Å². The smallest absolute Gasteiger partial charge is 0.220 e. The molecule has 2 rings (SSSR count). The number of hydrogen-bond donors (Lipinski definition) is 2. The molecule has 2 fully saturated rings. The third-order valence-electron chi connectivity index (χ3n) is 4.90. The van der Waals surface area contributed by atoms with Crippen LogP contribution in [0.2, 0.25) is 0 Å². The predicted octanol–water partition coefficient (Wildman–Crippen LogP) is 2.98. The summed E-state index contributed by atoms with van der Waals surface area (Å²) in [5, 5.41) is 3.23. The van der Waals surface area contributed by atoms with Gasteiger partial charge in [-0.2, -0.15) is 0 Å². The first-order valence-corrected chi connectivity index (χ1v) is 8.18. The Morgan fingerprint density at radius 1 is 1.16 bits per heavy atom. The predicted molar refractivity (Wildman–Crippen MR) is 78.7 cm³/mol. The van der Waals surface area contributed by atoms with E-state index in [1.165, 1.54) is 44.9 Å². The van der Waals surface area contributed by atoms with Crippen molar-refractivity contribution in [2.45, 2.75) is 83.2 Å². The van der Waals surface area contributed by atoms with Crippen molar-refractivity contribution in [3.63, 3.8) is 0 Å². The van der Waals surface area contributed by atoms with Crippen LogP contribution in [-0.4, -0.2) is 18.0 Å². The standard InChI is InChI=1S/C16H30N2O/c1-12-4-2-7-15(10-12)18-16(19)9-8-13-5-3-6-14(17)11-13/h12-15H,2-11,17H2,1H3,(H,18,19). The first kappa shape index (κ1) is 14.8. The molecule has 4 atom stereocenters. The van der Waals surface area contributed by atoms with E-state index in [1.807, 2.05) is 0 Å². The number of nitrogens with two attached hydrogens (primary N) is 1. The molecule has 0 spiro atoms. The molecule has 110 valence electrons. The minimum absolute atomic E-state index is 0.262. The molecule has 0 aromatic heterocycles. The lowest BCUT2D eigenvalue weighted by molar-refractivity contribution is -0.122. The van der Waals surface area contributed by atoms with Crippen molar-refractivity contribution in [1.82, 2.24) is 5.32 Å². The number of nitrogens with one attached hydrogen (secondary N) is 1. The molecule has 4 unspecified atom stereocenters. The first-order chi connectivity index (χ1) is 9.13. The van der Waals surface area contributed by atoms with E-state index in [4.69, 9.17) is 5.73 Å². The maximum absolute atomic E-state index is 12.0. The van der Waals surface area contributed by atoms with Crippen LogP contribution in [0.1, 0.15) is 71.1 Å². The summed E-state index contributed by atoms with van der Waals surface area (Å²) >= 11 is 0. The van der Waals surface area contributed by atoms with Crippen molar-refractivity contribution in [3.05, 3.63) is 0 Å². The number of rotatable bonds is 4. The Morgan fingerprint density at radius 3 is 2.68 bits per heavy atom. The molecule has 1 amide bonds. The lowest BCUT2D eigenvalue weighted by Gasteiger charge is -2.28. The Morgan fingerprint density at radius 2 is 1.95 bits per heavy atom. The van der Waals surface area contributed by atoms with E-state index in [9.17, 15) is 4.79 Å². The second-order valence-electron chi connectivity index (χ2n) is 6.87. The average Bonchev–Trinajstić information content (AvgIpc) is 2.36. The quantitative estimate of drug-likeness (QED) is 0.822. The van der Waals surface area contributed by atoms with Crippen LogP contribution in [0.5, 0.6) is 0 Å². The summed E-state index contributed by atoms with van der Waals surface area (Å²) in [7, 11) is 0. The van der Waals surface area contributed by atoms with Gasteiger partial charge in [-0.25, -0.2) is 0 Å². The van der Waals surface area contributed by atoms with Crippen LogP contribution in [-0.2, 0) is 4.79 Å². The fraction of sp³-hybridized carbons (Fsp3) is 0.938. The molecular weight excluding hydrogens is 236 g/mol. The summed E-state index contributed by atoms with van der Waals surface area (Å²) in [4.78, 5) is 12.0. The topological polar surface area (TPSA) is 55.1 Å². The SMILES string of the molecule is CC1CCCC(NC(=O)CCC2CCCC(N)C2)C1. The summed E-state index contributed by atoms with van der Waals surface area (Å²) in [6.45, 7) is 2.29. The zero-order valence-electron chi connectivity index (χ0n) is 12.4. The van der Waals surface area contributed by atoms with Gasteiger partial charge in [0, 0.05) is 18.5 Å². The second-order valence-corrected chi connectivity index (χ2v) is 6.87. The maximum atomic E-state index is 12.0. The zero-order chi connectivity index (χ0) is 13.7. The maximum Gasteiger partial charge on any atom is 0.220 e. The summed E-state index contributed by atoms with van der Waals surface area (Å²) in [6.07, 6.45) is 11.5. The Kier molecular flexibility index (Phi) is 5.68. The van der Waals surface area contributed by atoms with Crippen molar-refractivity contribution in [2.24, 2.45) is 17.6 Å². The highest BCUT2D eigenvalue weighted by Gasteiger charge is 2.22. The highest BCUT2D eigenvalue weighted by molar-refractivity contribution is 5.76. The van der Waals surface area contributed by atoms with Crippen molar-refractivity contribution < 1.29 is 4.79 Å². The van der Waals surface area contributed by atoms with Crippen LogP contribution in [0.15, 0.2) is 0 Å². The van der Waals surface area contributed by atoms with E-state index in [-0.39, 0.29) is 5.91 Å². The third kappa shape index (κ3) is 5.13. The largest absolute Gasteiger partial charge is 0.353 e. The number of carbonyl (C=O) groups is 1. The normalized spacial score (nSPS) is 35.9. The fourth-order valence-electron chi connectivity index (χ4n) is 3.80. The van der Waals surface area contributed by atoms with Gasteiger partial charge in [0.25, 0.3) is 0 Å². The van der Waals surface area contributed by atoms with Gasteiger partial charge in [0.2, 0.25) is 5.91 Å². The van der Waals surface area contributed by atoms with Crippen LogP contribution in [0.25, 0.3) is 0 Å². The van der Waals surface area contributed by atoms with E-state index >= 15 is 0 Å². The van der Waals surface area contributed by atoms with E-state index < -0.39 is 0 Å². The van der Waals surface area contributed by atoms with Gasteiger partial charge in [0.1, 0.15) is 0 Å². The number of hydrogen-bond acceptors (Lipinski definition) is 2. The first-order valence-electron chi connectivity index (χ1n) is 8.18. The molecule has 0 radical (unpaired) electrons. The molecule has 0 heterocycles. The van der Waals surface area contributed by atoms with Crippen LogP contribution in [0.3, 0.4) is 0 Å². The highest BCUT2D eigenvalue weighted by atomic mass is 16.1. The second kappa shape index (κ2) is 7.28. The average molecular weight is 266 g/mol. The minimum atomic E-state index is 0.262. The van der Waals surface area contributed by atoms with Crippen molar-refractivity contribution in [1.29, 1.82) is 0 Å². The molecule has 0 saturated heterocycles. The van der Waals surface area contributed by atoms with Gasteiger partial charge in [-0.05, 0) is 43.9 Å². The molecular formula is C16H30N2O. The molecule has 0 aromatic rings. The Balaban J connectivity index is 1.63. The number of amides is 1. The van der Waals surface area contributed by atoms with Crippen molar-refractivity contribution in [2.75, 3.05) is 0 Å². The summed E-state index contributed by atoms with van der Waals surface area (Å²) in [5.74, 6) is 1.72. The third-order valence-corrected chi connectivity index (χ3v) is 4.90. The van der Waals surface area contributed by atoms with Gasteiger partial charge < -0.3 is 11.1 Å². The summed E-state index contributed by atoms with van der Waals surface area (Å²) < 4.78 is 0. The highest BCUT2D eigenvalue weighted by Crippen LogP contribution is 2.27. The van der Waals surface area contributed by atoms with Gasteiger partial charge in [-0.3, -0.25) is 4.79 Å². The summed E-state index contributed by atoms with van der Waals surface area (Å²) in [6, 6.07) is 0.811. The van der Waals surface area contributed by atoms with E-state index in [2.05, 4.69) is 12.2 Å². The molecule has 0 aliphatic heterocycles. The minimum Gasteiger partial charge on any atom is -0.353 e. The summed E-state index contributed by atoms with van der Waals surface area (Å²) in [5.41, 5.74) is 6.00. The fourth-order valence-corrected chi connectivity index (χ4v) is 3.80.